The first-order valence-corrected chi connectivity index (χ1v) is 10.8. The summed E-state index contributed by atoms with van der Waals surface area (Å²) in [6, 6.07) is 11.1. The molecule has 0 spiro atoms. The van der Waals surface area contributed by atoms with Gasteiger partial charge in [0.1, 0.15) is 6.61 Å². The normalized spacial score (nSPS) is 14.5. The third-order valence-corrected chi connectivity index (χ3v) is 5.60. The van der Waals surface area contributed by atoms with E-state index in [4.69, 9.17) is 9.84 Å². The number of rotatable bonds is 9. The molecule has 0 heterocycles. The van der Waals surface area contributed by atoms with Gasteiger partial charge in [0, 0.05) is 12.0 Å². The van der Waals surface area contributed by atoms with Gasteiger partial charge >= 0.3 is 18.2 Å². The van der Waals surface area contributed by atoms with Crippen LogP contribution in [0.15, 0.2) is 48.5 Å². The van der Waals surface area contributed by atoms with E-state index in [0.29, 0.717) is 6.42 Å². The van der Waals surface area contributed by atoms with Crippen molar-refractivity contribution in [2.75, 3.05) is 6.61 Å². The van der Waals surface area contributed by atoms with Gasteiger partial charge in [-0.2, -0.15) is 13.2 Å². The van der Waals surface area contributed by atoms with E-state index in [0.717, 1.165) is 22.3 Å². The zero-order valence-corrected chi connectivity index (χ0v) is 18.4. The maximum Gasteiger partial charge on any atom is 0.417 e. The predicted molar refractivity (Wildman–Crippen MR) is 117 cm³/mol. The van der Waals surface area contributed by atoms with Crippen molar-refractivity contribution in [1.29, 1.82) is 0 Å². The highest BCUT2D eigenvalue weighted by Gasteiger charge is 2.47. The molecule has 2 atom stereocenters. The van der Waals surface area contributed by atoms with Gasteiger partial charge in [0.05, 0.1) is 6.42 Å². The second-order valence-corrected chi connectivity index (χ2v) is 8.04. The predicted octanol–water partition coefficient (Wildman–Crippen LogP) is 4.22. The van der Waals surface area contributed by atoms with Gasteiger partial charge in [0.2, 0.25) is 6.04 Å². The van der Waals surface area contributed by atoms with Crippen LogP contribution in [0.25, 0.3) is 11.1 Å². The minimum atomic E-state index is -5.10. The van der Waals surface area contributed by atoms with Crippen LogP contribution in [-0.2, 0) is 14.3 Å². The number of halogens is 3. The molecule has 7 nitrogen and oxygen atoms in total. The summed E-state index contributed by atoms with van der Waals surface area (Å²) in [5, 5.41) is 12.6. The number of carboxylic acid groups (broad SMARTS) is 1. The first-order chi connectivity index (χ1) is 16.1. The molecule has 2 amide bonds. The van der Waals surface area contributed by atoms with E-state index in [-0.39, 0.29) is 18.9 Å². The summed E-state index contributed by atoms with van der Waals surface area (Å²) >= 11 is 0. The molecular formula is C24H25F3N2O5. The number of amides is 2. The van der Waals surface area contributed by atoms with Crippen LogP contribution in [0, 0.1) is 0 Å². The Morgan fingerprint density at radius 1 is 1.00 bits per heavy atom. The number of carbonyl (C=O) groups is 3. The number of hydrogen-bond donors (Lipinski definition) is 3. The van der Waals surface area contributed by atoms with Gasteiger partial charge in [0.25, 0.3) is 5.91 Å². The second kappa shape index (κ2) is 10.6. The Kier molecular flexibility index (Phi) is 7.80. The van der Waals surface area contributed by atoms with Crippen molar-refractivity contribution in [3.05, 3.63) is 59.7 Å². The molecule has 0 aromatic heterocycles. The van der Waals surface area contributed by atoms with Gasteiger partial charge in [-0.05, 0) is 28.7 Å². The number of alkyl carbamates (subject to hydrolysis) is 1. The van der Waals surface area contributed by atoms with E-state index in [9.17, 15) is 27.6 Å². The lowest BCUT2D eigenvalue weighted by molar-refractivity contribution is -0.168. The van der Waals surface area contributed by atoms with Gasteiger partial charge in [-0.1, -0.05) is 61.9 Å². The topological polar surface area (TPSA) is 105 Å². The Bertz CT molecular complexity index is 1010. The molecule has 34 heavy (non-hydrogen) atoms. The fourth-order valence-corrected chi connectivity index (χ4v) is 4.12. The van der Waals surface area contributed by atoms with E-state index in [1.54, 1.807) is 12.2 Å². The van der Waals surface area contributed by atoms with Crippen LogP contribution in [0.3, 0.4) is 0 Å². The molecule has 182 valence electrons. The molecule has 0 saturated carbocycles. The van der Waals surface area contributed by atoms with Gasteiger partial charge in [-0.25, -0.2) is 4.79 Å². The van der Waals surface area contributed by atoms with Crippen LogP contribution < -0.4 is 10.6 Å². The van der Waals surface area contributed by atoms with Crippen LogP contribution in [0.5, 0.6) is 0 Å². The molecular weight excluding hydrogens is 453 g/mol. The Balaban J connectivity index is 1.68. The summed E-state index contributed by atoms with van der Waals surface area (Å²) in [7, 11) is 0. The summed E-state index contributed by atoms with van der Waals surface area (Å²) in [6.45, 7) is 1.49. The van der Waals surface area contributed by atoms with Crippen LogP contribution in [0.4, 0.5) is 18.0 Å². The number of ether oxygens (including phenoxy) is 1. The first-order valence-electron chi connectivity index (χ1n) is 10.8. The number of alkyl halides is 3. The molecule has 1 aliphatic rings. The summed E-state index contributed by atoms with van der Waals surface area (Å²) in [4.78, 5) is 35.5. The van der Waals surface area contributed by atoms with Gasteiger partial charge in [0.15, 0.2) is 0 Å². The van der Waals surface area contributed by atoms with Crippen molar-refractivity contribution in [2.45, 2.75) is 50.4 Å². The first kappa shape index (κ1) is 25.1. The average Bonchev–Trinajstić information content (AvgIpc) is 3.08. The van der Waals surface area contributed by atoms with Crippen LogP contribution in [-0.4, -0.2) is 47.9 Å². The van der Waals surface area contributed by atoms with E-state index < -0.39 is 42.7 Å². The molecule has 0 fully saturated rings. The van der Waals surface area contributed by atoms with Crippen molar-refractivity contribution in [3.63, 3.8) is 0 Å². The minimum absolute atomic E-state index is 0.174. The number of aliphatic carboxylic acids is 1. The lowest BCUT2D eigenvalue weighted by atomic mass is 9.98. The monoisotopic (exact) mass is 478 g/mol. The highest BCUT2D eigenvalue weighted by molar-refractivity contribution is 5.87. The van der Waals surface area contributed by atoms with E-state index in [1.165, 1.54) is 0 Å². The van der Waals surface area contributed by atoms with Crippen molar-refractivity contribution in [3.8, 4) is 11.1 Å². The third-order valence-electron chi connectivity index (χ3n) is 5.60. The summed E-state index contributed by atoms with van der Waals surface area (Å²) < 4.78 is 45.7. The fraction of sp³-hybridized carbons (Fsp3) is 0.375. The molecule has 3 rings (SSSR count). The Morgan fingerprint density at radius 3 is 2.06 bits per heavy atom. The zero-order valence-electron chi connectivity index (χ0n) is 18.4. The number of nitrogens with one attached hydrogen (secondary N) is 2. The number of benzene rings is 2. The van der Waals surface area contributed by atoms with Crippen molar-refractivity contribution in [2.24, 2.45) is 0 Å². The van der Waals surface area contributed by atoms with Crippen molar-refractivity contribution in [1.82, 2.24) is 10.6 Å². The standard InChI is InChI=1S/C24H25F3N2O5/c1-2-7-14(12-20(30)31)28-22(32)21(24(25,26)27)29-23(33)34-13-19-17-10-5-3-8-15(17)16-9-4-6-11-18(16)19/h3-6,8-11,14,19,21H,2,7,12-13H2,1H3,(H,28,32)(H,29,33)(H,30,31). The maximum atomic E-state index is 13.5. The highest BCUT2D eigenvalue weighted by Crippen LogP contribution is 2.44. The van der Waals surface area contributed by atoms with Gasteiger partial charge in [-0.15, -0.1) is 0 Å². The molecule has 3 N–H and O–H groups in total. The summed E-state index contributed by atoms with van der Waals surface area (Å²) in [5.41, 5.74) is 3.69. The zero-order chi connectivity index (χ0) is 24.9. The average molecular weight is 478 g/mol. The number of carboxylic acids is 1. The lowest BCUT2D eigenvalue weighted by Crippen LogP contribution is -2.57. The van der Waals surface area contributed by atoms with E-state index in [1.807, 2.05) is 48.5 Å². The molecule has 10 heteroatoms. The molecule has 2 aromatic rings. The van der Waals surface area contributed by atoms with Crippen LogP contribution in [0.2, 0.25) is 0 Å². The Morgan fingerprint density at radius 2 is 1.56 bits per heavy atom. The Labute approximate surface area is 194 Å². The fourth-order valence-electron chi connectivity index (χ4n) is 4.12. The molecule has 0 bridgehead atoms. The molecule has 0 saturated heterocycles. The summed E-state index contributed by atoms with van der Waals surface area (Å²) in [5.74, 6) is -3.16. The molecule has 0 radical (unpaired) electrons. The Hall–Kier alpha value is -3.56. The van der Waals surface area contributed by atoms with Crippen LogP contribution in [0.1, 0.15) is 43.2 Å². The van der Waals surface area contributed by atoms with E-state index >= 15 is 0 Å². The van der Waals surface area contributed by atoms with Crippen molar-refractivity contribution >= 4 is 18.0 Å². The SMILES string of the molecule is CCCC(CC(=O)O)NC(=O)C(NC(=O)OCC1c2ccccc2-c2ccccc21)C(F)(F)F. The molecule has 0 aliphatic heterocycles. The molecule has 2 unspecified atom stereocenters. The van der Waals surface area contributed by atoms with Crippen molar-refractivity contribution < 1.29 is 37.4 Å². The number of carbonyl (C=O) groups excluding carboxylic acids is 2. The quantitative estimate of drug-likeness (QED) is 0.501. The second-order valence-electron chi connectivity index (χ2n) is 8.04. The molecule has 1 aliphatic carbocycles. The maximum absolute atomic E-state index is 13.5. The minimum Gasteiger partial charge on any atom is -0.481 e. The number of fused-ring (bicyclic) bond motifs is 3. The smallest absolute Gasteiger partial charge is 0.417 e. The largest absolute Gasteiger partial charge is 0.481 e. The lowest BCUT2D eigenvalue weighted by Gasteiger charge is -2.24. The van der Waals surface area contributed by atoms with Crippen LogP contribution >= 0.6 is 0 Å². The number of hydrogen-bond acceptors (Lipinski definition) is 4. The highest BCUT2D eigenvalue weighted by atomic mass is 19.4. The molecule has 2 aromatic carbocycles. The van der Waals surface area contributed by atoms with E-state index in [2.05, 4.69) is 5.32 Å². The third kappa shape index (κ3) is 5.86. The summed E-state index contributed by atoms with van der Waals surface area (Å²) in [6.07, 6.45) is -6.41. The van der Waals surface area contributed by atoms with Gasteiger partial charge in [-0.3, -0.25) is 9.59 Å². The van der Waals surface area contributed by atoms with Gasteiger partial charge < -0.3 is 20.5 Å².